The second-order valence-electron chi connectivity index (χ2n) is 7.14. The van der Waals surface area contributed by atoms with Crippen molar-refractivity contribution in [3.63, 3.8) is 0 Å². The van der Waals surface area contributed by atoms with Crippen LogP contribution in [0.5, 0.6) is 11.5 Å². The molecular weight excluding hydrogens is 420 g/mol. The summed E-state index contributed by atoms with van der Waals surface area (Å²) in [5.74, 6) is 0.657. The fourth-order valence-electron chi connectivity index (χ4n) is 3.46. The largest absolute Gasteiger partial charge is 0.504 e. The van der Waals surface area contributed by atoms with E-state index in [1.807, 2.05) is 0 Å². The second kappa shape index (κ2) is 9.04. The maximum atomic E-state index is 12.5. The summed E-state index contributed by atoms with van der Waals surface area (Å²) < 4.78 is 39.6. The number of hydrogen-bond donors (Lipinski definition) is 1. The van der Waals surface area contributed by atoms with Crippen molar-refractivity contribution in [1.29, 1.82) is 0 Å². The van der Waals surface area contributed by atoms with E-state index < -0.39 is 10.0 Å². The summed E-state index contributed by atoms with van der Waals surface area (Å²) in [4.78, 5) is 2.42. The molecule has 0 unspecified atom stereocenters. The highest BCUT2D eigenvalue weighted by Gasteiger charge is 2.31. The van der Waals surface area contributed by atoms with Gasteiger partial charge in [-0.15, -0.1) is 4.40 Å². The van der Waals surface area contributed by atoms with Gasteiger partial charge >= 0.3 is 0 Å². The number of benzene rings is 2. The van der Waals surface area contributed by atoms with E-state index in [-0.39, 0.29) is 10.6 Å². The maximum absolute atomic E-state index is 12.5. The standard InChI is InChI=1S/C21H24N4O5S/c1-29-19-14-16(6-7-18(19)26)15-22-25(9-8-24-10-12-30-13-11-24)21-17-4-2-3-5-20(17)31(27,28)23-21/h2-7,14-15,26H,8-13H2,1H3/b22-15+. The molecule has 1 fully saturated rings. The first-order chi connectivity index (χ1) is 15.0. The van der Waals surface area contributed by atoms with Crippen LogP contribution in [-0.2, 0) is 14.8 Å². The van der Waals surface area contributed by atoms with E-state index in [0.717, 1.165) is 13.1 Å². The smallest absolute Gasteiger partial charge is 0.285 e. The number of phenolic OH excluding ortho intramolecular Hbond substituents is 1. The number of rotatable bonds is 6. The average molecular weight is 445 g/mol. The number of methoxy groups -OCH3 is 1. The van der Waals surface area contributed by atoms with Crippen LogP contribution >= 0.6 is 0 Å². The van der Waals surface area contributed by atoms with Crippen LogP contribution < -0.4 is 4.74 Å². The Hall–Kier alpha value is -2.95. The Kier molecular flexibility index (Phi) is 6.21. The Bertz CT molecular complexity index is 1110. The summed E-state index contributed by atoms with van der Waals surface area (Å²) in [6.07, 6.45) is 1.59. The zero-order valence-corrected chi connectivity index (χ0v) is 18.0. The van der Waals surface area contributed by atoms with Crippen LogP contribution in [0.25, 0.3) is 0 Å². The van der Waals surface area contributed by atoms with Crippen molar-refractivity contribution in [3.8, 4) is 11.5 Å². The van der Waals surface area contributed by atoms with Gasteiger partial charge in [0.15, 0.2) is 17.3 Å². The summed E-state index contributed by atoms with van der Waals surface area (Å²) in [5.41, 5.74) is 1.23. The molecule has 4 rings (SSSR count). The van der Waals surface area contributed by atoms with Gasteiger partial charge in [0.25, 0.3) is 10.0 Å². The molecule has 9 nitrogen and oxygen atoms in total. The summed E-state index contributed by atoms with van der Waals surface area (Å²) >= 11 is 0. The van der Waals surface area contributed by atoms with Crippen molar-refractivity contribution in [2.45, 2.75) is 4.90 Å². The van der Waals surface area contributed by atoms with Crippen molar-refractivity contribution >= 4 is 22.1 Å². The molecule has 2 aromatic carbocycles. The van der Waals surface area contributed by atoms with E-state index in [0.29, 0.717) is 49.0 Å². The minimum Gasteiger partial charge on any atom is -0.504 e. The lowest BCUT2D eigenvalue weighted by Crippen LogP contribution is -2.41. The average Bonchev–Trinajstić information content (AvgIpc) is 3.06. The van der Waals surface area contributed by atoms with Gasteiger partial charge in [-0.1, -0.05) is 12.1 Å². The van der Waals surface area contributed by atoms with Crippen LogP contribution in [0.2, 0.25) is 0 Å². The van der Waals surface area contributed by atoms with Gasteiger partial charge in [-0.3, -0.25) is 4.90 Å². The van der Waals surface area contributed by atoms with Crippen LogP contribution in [0.3, 0.4) is 0 Å². The molecule has 2 aromatic rings. The topological polar surface area (TPSA) is 104 Å². The number of hydrogen-bond acceptors (Lipinski definition) is 8. The fraction of sp³-hybridized carbons (Fsp3) is 0.333. The third-order valence-electron chi connectivity index (χ3n) is 5.14. The third kappa shape index (κ3) is 4.71. The maximum Gasteiger partial charge on any atom is 0.285 e. The first kappa shape index (κ1) is 21.3. The Morgan fingerprint density at radius 3 is 2.81 bits per heavy atom. The minimum absolute atomic E-state index is 0.0315. The molecule has 1 saturated heterocycles. The lowest BCUT2D eigenvalue weighted by Gasteiger charge is -2.28. The van der Waals surface area contributed by atoms with Gasteiger partial charge in [0.05, 0.1) is 33.1 Å². The molecule has 10 heteroatoms. The molecule has 0 radical (unpaired) electrons. The van der Waals surface area contributed by atoms with E-state index in [9.17, 15) is 13.5 Å². The highest BCUT2D eigenvalue weighted by Crippen LogP contribution is 2.28. The summed E-state index contributed by atoms with van der Waals surface area (Å²) in [6, 6.07) is 11.6. The summed E-state index contributed by atoms with van der Waals surface area (Å²) in [6.45, 7) is 4.11. The minimum atomic E-state index is -3.76. The van der Waals surface area contributed by atoms with Crippen LogP contribution in [0.1, 0.15) is 11.1 Å². The summed E-state index contributed by atoms with van der Waals surface area (Å²) in [7, 11) is -2.28. The number of aromatic hydroxyl groups is 1. The van der Waals surface area contributed by atoms with Crippen LogP contribution in [0.15, 0.2) is 56.9 Å². The SMILES string of the molecule is COc1cc(/C=N/N(CCN2CCOCC2)C2=NS(=O)(=O)c3ccccc32)ccc1O. The Balaban J connectivity index is 1.63. The molecule has 0 saturated carbocycles. The van der Waals surface area contributed by atoms with E-state index in [2.05, 4.69) is 14.4 Å². The fourth-order valence-corrected chi connectivity index (χ4v) is 4.67. The normalized spacial score (nSPS) is 18.0. The Labute approximate surface area is 181 Å². The zero-order valence-electron chi connectivity index (χ0n) is 17.1. The number of amidine groups is 1. The van der Waals surface area contributed by atoms with Crippen molar-refractivity contribution in [2.24, 2.45) is 9.50 Å². The first-order valence-corrected chi connectivity index (χ1v) is 11.3. The van der Waals surface area contributed by atoms with Crippen LogP contribution in [0, 0.1) is 0 Å². The second-order valence-corrected chi connectivity index (χ2v) is 8.71. The number of fused-ring (bicyclic) bond motifs is 1. The zero-order chi connectivity index (χ0) is 21.8. The molecule has 0 bridgehead atoms. The predicted octanol–water partition coefficient (Wildman–Crippen LogP) is 1.52. The highest BCUT2D eigenvalue weighted by atomic mass is 32.2. The first-order valence-electron chi connectivity index (χ1n) is 9.91. The van der Waals surface area contributed by atoms with Gasteiger partial charge in [-0.25, -0.2) is 5.01 Å². The third-order valence-corrected chi connectivity index (χ3v) is 6.46. The molecule has 164 valence electrons. The van der Waals surface area contributed by atoms with Crippen LogP contribution in [0.4, 0.5) is 0 Å². The molecule has 31 heavy (non-hydrogen) atoms. The Morgan fingerprint density at radius 1 is 1.26 bits per heavy atom. The monoisotopic (exact) mass is 444 g/mol. The molecule has 0 spiro atoms. The van der Waals surface area contributed by atoms with Crippen molar-refractivity contribution in [1.82, 2.24) is 9.91 Å². The lowest BCUT2D eigenvalue weighted by molar-refractivity contribution is 0.0360. The van der Waals surface area contributed by atoms with E-state index in [1.54, 1.807) is 47.6 Å². The molecule has 0 aromatic heterocycles. The van der Waals surface area contributed by atoms with Gasteiger partial charge in [-0.2, -0.15) is 13.5 Å². The molecule has 2 heterocycles. The molecule has 0 atom stereocenters. The van der Waals surface area contributed by atoms with Crippen molar-refractivity contribution in [3.05, 3.63) is 53.6 Å². The number of nitrogens with zero attached hydrogens (tertiary/aromatic N) is 4. The molecule has 0 aliphatic carbocycles. The Morgan fingerprint density at radius 2 is 2.03 bits per heavy atom. The quantitative estimate of drug-likeness (QED) is 0.532. The number of morpholine rings is 1. The summed E-state index contributed by atoms with van der Waals surface area (Å²) in [5, 5.41) is 16.0. The number of ether oxygens (including phenoxy) is 2. The van der Waals surface area contributed by atoms with Gasteiger partial charge in [0.1, 0.15) is 4.90 Å². The van der Waals surface area contributed by atoms with Gasteiger partial charge in [-0.05, 0) is 35.9 Å². The molecule has 2 aliphatic heterocycles. The van der Waals surface area contributed by atoms with Gasteiger partial charge in [0.2, 0.25) is 0 Å². The van der Waals surface area contributed by atoms with Crippen molar-refractivity contribution in [2.75, 3.05) is 46.5 Å². The van der Waals surface area contributed by atoms with E-state index in [4.69, 9.17) is 9.47 Å². The molecule has 1 N–H and O–H groups in total. The number of phenols is 1. The highest BCUT2D eigenvalue weighted by molar-refractivity contribution is 7.90. The molecule has 2 aliphatic rings. The molecule has 0 amide bonds. The molecular formula is C21H24N4O5S. The van der Waals surface area contributed by atoms with Crippen LogP contribution in [-0.4, -0.2) is 82.0 Å². The number of hydrazone groups is 1. The van der Waals surface area contributed by atoms with Gasteiger partial charge < -0.3 is 14.6 Å². The lowest BCUT2D eigenvalue weighted by atomic mass is 10.2. The van der Waals surface area contributed by atoms with Gasteiger partial charge in [0, 0.05) is 25.2 Å². The van der Waals surface area contributed by atoms with E-state index in [1.165, 1.54) is 13.2 Å². The van der Waals surface area contributed by atoms with E-state index >= 15 is 0 Å². The van der Waals surface area contributed by atoms with Crippen molar-refractivity contribution < 1.29 is 23.0 Å². The predicted molar refractivity (Wildman–Crippen MR) is 116 cm³/mol. The number of sulfonamides is 1.